The maximum atomic E-state index is 12.7. The summed E-state index contributed by atoms with van der Waals surface area (Å²) in [4.78, 5) is 17.5. The Labute approximate surface area is 107 Å². The molecule has 0 bridgehead atoms. The molecule has 2 rings (SSSR count). The molecule has 0 saturated heterocycles. The second-order valence-corrected chi connectivity index (χ2v) is 5.21. The van der Waals surface area contributed by atoms with Crippen LogP contribution >= 0.6 is 0 Å². The topological polar surface area (TPSA) is 33.2 Å². The second-order valence-electron chi connectivity index (χ2n) is 5.21. The molecule has 0 spiro atoms. The van der Waals surface area contributed by atoms with Gasteiger partial charge in [-0.1, -0.05) is 19.8 Å². The Hall–Kier alpha value is -1.45. The molecule has 0 aromatic carbocycles. The van der Waals surface area contributed by atoms with Crippen LogP contribution in [0, 0.1) is 11.9 Å². The van der Waals surface area contributed by atoms with E-state index >= 15 is 0 Å². The van der Waals surface area contributed by atoms with Gasteiger partial charge in [0.05, 0.1) is 5.56 Å². The van der Waals surface area contributed by atoms with E-state index in [1.807, 2.05) is 7.05 Å². The summed E-state index contributed by atoms with van der Waals surface area (Å²) in [7, 11) is 1.83. The number of carbonyl (C=O) groups is 1. The van der Waals surface area contributed by atoms with Gasteiger partial charge in [0.15, 0.2) is 0 Å². The summed E-state index contributed by atoms with van der Waals surface area (Å²) in [5.41, 5.74) is 0.456. The molecule has 0 N–H and O–H groups in total. The monoisotopic (exact) mass is 250 g/mol. The van der Waals surface area contributed by atoms with E-state index in [-0.39, 0.29) is 5.91 Å². The average molecular weight is 250 g/mol. The van der Waals surface area contributed by atoms with Gasteiger partial charge in [-0.2, -0.15) is 4.39 Å². The highest BCUT2D eigenvalue weighted by Crippen LogP contribution is 2.27. The Balaban J connectivity index is 2.06. The quantitative estimate of drug-likeness (QED) is 0.756. The molecule has 3 nitrogen and oxygen atoms in total. The third-order valence-electron chi connectivity index (χ3n) is 3.75. The van der Waals surface area contributed by atoms with E-state index in [2.05, 4.69) is 11.9 Å². The third-order valence-corrected chi connectivity index (χ3v) is 3.75. The summed E-state index contributed by atoms with van der Waals surface area (Å²) in [6, 6.07) is 3.02. The van der Waals surface area contributed by atoms with Crippen LogP contribution in [0.3, 0.4) is 0 Å². The van der Waals surface area contributed by atoms with Crippen molar-refractivity contribution in [2.24, 2.45) is 5.92 Å². The van der Waals surface area contributed by atoms with Crippen molar-refractivity contribution in [1.82, 2.24) is 9.88 Å². The number of hydrogen-bond donors (Lipinski definition) is 0. The van der Waals surface area contributed by atoms with Crippen molar-refractivity contribution in [3.8, 4) is 0 Å². The lowest BCUT2D eigenvalue weighted by atomic mass is 9.86. The van der Waals surface area contributed by atoms with Crippen molar-refractivity contribution in [2.75, 3.05) is 7.05 Å². The zero-order chi connectivity index (χ0) is 13.1. The molecule has 2 unspecified atom stereocenters. The summed E-state index contributed by atoms with van der Waals surface area (Å²) < 4.78 is 12.7. The largest absolute Gasteiger partial charge is 0.339 e. The lowest BCUT2D eigenvalue weighted by Gasteiger charge is -2.34. The minimum absolute atomic E-state index is 0.0680. The predicted octanol–water partition coefficient (Wildman–Crippen LogP) is 2.87. The fraction of sp³-hybridized carbons (Fsp3) is 0.571. The highest BCUT2D eigenvalue weighted by Gasteiger charge is 2.26. The molecular weight excluding hydrogens is 231 g/mol. The van der Waals surface area contributed by atoms with Gasteiger partial charge < -0.3 is 4.90 Å². The van der Waals surface area contributed by atoms with Crippen LogP contribution in [0.5, 0.6) is 0 Å². The smallest absolute Gasteiger partial charge is 0.255 e. The van der Waals surface area contributed by atoms with Gasteiger partial charge in [-0.3, -0.25) is 4.79 Å². The van der Waals surface area contributed by atoms with Crippen LogP contribution in [-0.4, -0.2) is 28.9 Å². The summed E-state index contributed by atoms with van der Waals surface area (Å²) >= 11 is 0. The average Bonchev–Trinajstić information content (AvgIpc) is 2.38. The molecule has 0 radical (unpaired) electrons. The maximum Gasteiger partial charge on any atom is 0.255 e. The first-order valence-corrected chi connectivity index (χ1v) is 6.46. The number of halogens is 1. The molecule has 4 heteroatoms. The van der Waals surface area contributed by atoms with Gasteiger partial charge >= 0.3 is 0 Å². The number of nitrogens with zero attached hydrogens (tertiary/aromatic N) is 2. The normalized spacial score (nSPS) is 23.7. The first-order chi connectivity index (χ1) is 8.58. The zero-order valence-corrected chi connectivity index (χ0v) is 10.9. The van der Waals surface area contributed by atoms with Gasteiger partial charge in [-0.05, 0) is 30.9 Å². The molecule has 1 aromatic rings. The number of aromatic nitrogens is 1. The first-order valence-electron chi connectivity index (χ1n) is 6.46. The van der Waals surface area contributed by atoms with Crippen LogP contribution in [0.15, 0.2) is 18.3 Å². The van der Waals surface area contributed by atoms with E-state index in [9.17, 15) is 9.18 Å². The van der Waals surface area contributed by atoms with Gasteiger partial charge in [0, 0.05) is 19.3 Å². The summed E-state index contributed by atoms with van der Waals surface area (Å²) in [5.74, 6) is 0.0486. The fourth-order valence-corrected chi connectivity index (χ4v) is 2.63. The third kappa shape index (κ3) is 2.86. The van der Waals surface area contributed by atoms with Crippen LogP contribution in [-0.2, 0) is 0 Å². The summed E-state index contributed by atoms with van der Waals surface area (Å²) in [6.07, 6.45) is 5.83. The van der Waals surface area contributed by atoms with Crippen molar-refractivity contribution in [3.63, 3.8) is 0 Å². The lowest BCUT2D eigenvalue weighted by Crippen LogP contribution is -2.39. The van der Waals surface area contributed by atoms with Crippen LogP contribution in [0.1, 0.15) is 43.0 Å². The predicted molar refractivity (Wildman–Crippen MR) is 67.7 cm³/mol. The highest BCUT2D eigenvalue weighted by molar-refractivity contribution is 5.93. The number of hydrogen-bond acceptors (Lipinski definition) is 2. The van der Waals surface area contributed by atoms with E-state index in [1.165, 1.54) is 31.2 Å². The van der Waals surface area contributed by atoms with Gasteiger partial charge in [0.2, 0.25) is 5.95 Å². The van der Waals surface area contributed by atoms with E-state index in [4.69, 9.17) is 0 Å². The number of pyridine rings is 1. The minimum Gasteiger partial charge on any atom is -0.339 e. The van der Waals surface area contributed by atoms with Crippen LogP contribution < -0.4 is 0 Å². The van der Waals surface area contributed by atoms with Crippen molar-refractivity contribution in [3.05, 3.63) is 29.8 Å². The van der Waals surface area contributed by atoms with Gasteiger partial charge in [-0.25, -0.2) is 4.98 Å². The van der Waals surface area contributed by atoms with E-state index in [0.29, 0.717) is 17.5 Å². The minimum atomic E-state index is -0.555. The zero-order valence-electron chi connectivity index (χ0n) is 10.9. The van der Waals surface area contributed by atoms with Crippen molar-refractivity contribution < 1.29 is 9.18 Å². The molecule has 1 aromatic heterocycles. The molecule has 2 atom stereocenters. The number of rotatable bonds is 2. The van der Waals surface area contributed by atoms with Gasteiger partial charge in [0.1, 0.15) is 0 Å². The molecule has 1 fully saturated rings. The Bertz CT molecular complexity index is 418. The maximum absolute atomic E-state index is 12.7. The molecule has 1 amide bonds. The Morgan fingerprint density at radius 1 is 1.44 bits per heavy atom. The Morgan fingerprint density at radius 2 is 2.22 bits per heavy atom. The first kappa shape index (κ1) is 13.0. The summed E-state index contributed by atoms with van der Waals surface area (Å²) in [6.45, 7) is 2.23. The molecule has 18 heavy (non-hydrogen) atoms. The van der Waals surface area contributed by atoms with Crippen molar-refractivity contribution in [2.45, 2.75) is 38.6 Å². The van der Waals surface area contributed by atoms with Crippen molar-refractivity contribution in [1.29, 1.82) is 0 Å². The van der Waals surface area contributed by atoms with E-state index < -0.39 is 5.95 Å². The van der Waals surface area contributed by atoms with E-state index in [0.717, 1.165) is 12.8 Å². The second kappa shape index (κ2) is 5.46. The molecule has 1 aliphatic carbocycles. The highest BCUT2D eigenvalue weighted by atomic mass is 19.1. The number of carbonyl (C=O) groups excluding carboxylic acids is 1. The molecule has 1 aliphatic rings. The van der Waals surface area contributed by atoms with Crippen LogP contribution in [0.2, 0.25) is 0 Å². The van der Waals surface area contributed by atoms with Gasteiger partial charge in [-0.15, -0.1) is 0 Å². The SMILES string of the molecule is CC1CCCC(N(C)C(=O)c2ccc(F)nc2)C1. The van der Waals surface area contributed by atoms with Crippen LogP contribution in [0.4, 0.5) is 4.39 Å². The molecular formula is C14H19FN2O. The van der Waals surface area contributed by atoms with E-state index in [1.54, 1.807) is 4.90 Å². The molecule has 1 heterocycles. The standard InChI is InChI=1S/C14H19FN2O/c1-10-4-3-5-12(8-10)17(2)14(18)11-6-7-13(15)16-9-11/h6-7,9-10,12H,3-5,8H2,1-2H3. The molecule has 98 valence electrons. The Morgan fingerprint density at radius 3 is 2.83 bits per heavy atom. The fourth-order valence-electron chi connectivity index (χ4n) is 2.63. The molecule has 0 aliphatic heterocycles. The number of amides is 1. The van der Waals surface area contributed by atoms with Crippen LogP contribution in [0.25, 0.3) is 0 Å². The van der Waals surface area contributed by atoms with Gasteiger partial charge in [0.25, 0.3) is 5.91 Å². The summed E-state index contributed by atoms with van der Waals surface area (Å²) in [5, 5.41) is 0. The lowest BCUT2D eigenvalue weighted by molar-refractivity contribution is 0.0671. The molecule has 1 saturated carbocycles. The van der Waals surface area contributed by atoms with Crippen molar-refractivity contribution >= 4 is 5.91 Å². The Kier molecular flexibility index (Phi) is 3.94.